The molecule has 1 heterocycles. The Morgan fingerprint density at radius 1 is 1.33 bits per heavy atom. The van der Waals surface area contributed by atoms with Crippen LogP contribution in [0.1, 0.15) is 11.1 Å². The highest BCUT2D eigenvalue weighted by molar-refractivity contribution is 5.44. The van der Waals surface area contributed by atoms with Crippen LogP contribution >= 0.6 is 0 Å². The van der Waals surface area contributed by atoms with E-state index >= 15 is 0 Å². The number of anilines is 1. The predicted molar refractivity (Wildman–Crippen MR) is 67.2 cm³/mol. The zero-order valence-electron chi connectivity index (χ0n) is 9.83. The van der Waals surface area contributed by atoms with Gasteiger partial charge in [0.1, 0.15) is 6.33 Å². The third-order valence-corrected chi connectivity index (χ3v) is 2.53. The average Bonchev–Trinajstić information content (AvgIpc) is 2.38. The number of aryl methyl sites for hydroxylation is 1. The lowest BCUT2D eigenvalue weighted by atomic mass is 10.1. The van der Waals surface area contributed by atoms with Crippen molar-refractivity contribution >= 4 is 11.4 Å². The molecule has 0 bridgehead atoms. The van der Waals surface area contributed by atoms with Crippen LogP contribution in [-0.4, -0.2) is 14.9 Å². The number of rotatable bonds is 4. The van der Waals surface area contributed by atoms with E-state index in [1.165, 1.54) is 6.33 Å². The van der Waals surface area contributed by atoms with E-state index in [9.17, 15) is 10.1 Å². The molecule has 1 N–H and O–H groups in total. The number of benzene rings is 1. The largest absolute Gasteiger partial charge is 0.378 e. The maximum Gasteiger partial charge on any atom is 0.272 e. The molecule has 1 aromatic carbocycles. The lowest BCUT2D eigenvalue weighted by Crippen LogP contribution is -2.01. The zero-order chi connectivity index (χ0) is 13.0. The van der Waals surface area contributed by atoms with Crippen LogP contribution in [0.5, 0.6) is 0 Å². The van der Waals surface area contributed by atoms with Crippen molar-refractivity contribution in [3.8, 4) is 0 Å². The SMILES string of the molecule is Cc1ccc(CNc2cncnc2)cc1[N+](=O)[O-]. The maximum atomic E-state index is 10.8. The molecule has 0 unspecified atom stereocenters. The molecule has 6 nitrogen and oxygen atoms in total. The second-order valence-corrected chi connectivity index (χ2v) is 3.86. The first-order chi connectivity index (χ1) is 8.66. The van der Waals surface area contributed by atoms with Crippen LogP contribution < -0.4 is 5.32 Å². The summed E-state index contributed by atoms with van der Waals surface area (Å²) in [4.78, 5) is 18.2. The topological polar surface area (TPSA) is 81.0 Å². The number of nitro groups is 1. The van der Waals surface area contributed by atoms with Gasteiger partial charge in [-0.25, -0.2) is 9.97 Å². The Hall–Kier alpha value is -2.50. The van der Waals surface area contributed by atoms with Crippen molar-refractivity contribution in [2.75, 3.05) is 5.32 Å². The Kier molecular flexibility index (Phi) is 3.47. The van der Waals surface area contributed by atoms with Crippen LogP contribution in [-0.2, 0) is 6.54 Å². The molecular weight excluding hydrogens is 232 g/mol. The third kappa shape index (κ3) is 2.79. The van der Waals surface area contributed by atoms with Crippen molar-refractivity contribution in [2.45, 2.75) is 13.5 Å². The molecule has 0 atom stereocenters. The summed E-state index contributed by atoms with van der Waals surface area (Å²) in [5, 5.41) is 13.9. The van der Waals surface area contributed by atoms with Crippen LogP contribution in [0.2, 0.25) is 0 Å². The van der Waals surface area contributed by atoms with Crippen molar-refractivity contribution in [3.63, 3.8) is 0 Å². The monoisotopic (exact) mass is 244 g/mol. The summed E-state index contributed by atoms with van der Waals surface area (Å²) < 4.78 is 0. The first-order valence-corrected chi connectivity index (χ1v) is 5.39. The fourth-order valence-corrected chi connectivity index (χ4v) is 1.56. The van der Waals surface area contributed by atoms with E-state index in [4.69, 9.17) is 0 Å². The molecule has 0 radical (unpaired) electrons. The van der Waals surface area contributed by atoms with E-state index in [1.54, 1.807) is 31.5 Å². The Morgan fingerprint density at radius 3 is 2.72 bits per heavy atom. The van der Waals surface area contributed by atoms with Crippen molar-refractivity contribution < 1.29 is 4.92 Å². The highest BCUT2D eigenvalue weighted by Crippen LogP contribution is 2.19. The standard InChI is InChI=1S/C12H12N4O2/c1-9-2-3-10(4-12(9)16(17)18)5-15-11-6-13-8-14-7-11/h2-4,6-8,15H,5H2,1H3. The molecule has 6 heteroatoms. The molecule has 0 spiro atoms. The first-order valence-electron chi connectivity index (χ1n) is 5.39. The molecule has 0 saturated carbocycles. The molecule has 0 fully saturated rings. The normalized spacial score (nSPS) is 10.1. The summed E-state index contributed by atoms with van der Waals surface area (Å²) in [6, 6.07) is 5.18. The lowest BCUT2D eigenvalue weighted by Gasteiger charge is -2.06. The molecule has 0 saturated heterocycles. The quantitative estimate of drug-likeness (QED) is 0.659. The van der Waals surface area contributed by atoms with Gasteiger partial charge in [0, 0.05) is 18.2 Å². The van der Waals surface area contributed by atoms with E-state index in [1.807, 2.05) is 6.07 Å². The minimum atomic E-state index is -0.371. The van der Waals surface area contributed by atoms with Gasteiger partial charge < -0.3 is 5.32 Å². The van der Waals surface area contributed by atoms with Gasteiger partial charge in [-0.15, -0.1) is 0 Å². The van der Waals surface area contributed by atoms with E-state index in [0.717, 1.165) is 11.3 Å². The zero-order valence-corrected chi connectivity index (χ0v) is 9.83. The van der Waals surface area contributed by atoms with Crippen LogP contribution in [0.25, 0.3) is 0 Å². The van der Waals surface area contributed by atoms with Crippen molar-refractivity contribution in [3.05, 3.63) is 58.2 Å². The fourth-order valence-electron chi connectivity index (χ4n) is 1.56. The highest BCUT2D eigenvalue weighted by Gasteiger charge is 2.10. The number of nitrogens with zero attached hydrogens (tertiary/aromatic N) is 3. The van der Waals surface area contributed by atoms with Gasteiger partial charge in [-0.3, -0.25) is 10.1 Å². The molecule has 0 amide bonds. The molecule has 0 aliphatic carbocycles. The number of aromatic nitrogens is 2. The summed E-state index contributed by atoms with van der Waals surface area (Å²) in [5.41, 5.74) is 2.42. The summed E-state index contributed by atoms with van der Waals surface area (Å²) in [7, 11) is 0. The van der Waals surface area contributed by atoms with Gasteiger partial charge in [0.2, 0.25) is 0 Å². The fraction of sp³-hybridized carbons (Fsp3) is 0.167. The molecule has 2 aromatic rings. The van der Waals surface area contributed by atoms with Crippen molar-refractivity contribution in [1.82, 2.24) is 9.97 Å². The number of nitro benzene ring substituents is 1. The minimum absolute atomic E-state index is 0.138. The van der Waals surface area contributed by atoms with Crippen LogP contribution in [0.15, 0.2) is 36.9 Å². The second-order valence-electron chi connectivity index (χ2n) is 3.86. The smallest absolute Gasteiger partial charge is 0.272 e. The first kappa shape index (κ1) is 12.0. The van der Waals surface area contributed by atoms with Crippen molar-refractivity contribution in [2.24, 2.45) is 0 Å². The molecule has 1 aromatic heterocycles. The Bertz CT molecular complexity index is 557. The summed E-state index contributed by atoms with van der Waals surface area (Å²) in [6.45, 7) is 2.22. The van der Waals surface area contributed by atoms with Crippen LogP contribution in [0.4, 0.5) is 11.4 Å². The molecule has 0 aliphatic rings. The predicted octanol–water partition coefficient (Wildman–Crippen LogP) is 2.31. The number of hydrogen-bond donors (Lipinski definition) is 1. The minimum Gasteiger partial charge on any atom is -0.378 e. The van der Waals surface area contributed by atoms with Gasteiger partial charge in [0.15, 0.2) is 0 Å². The molecule has 18 heavy (non-hydrogen) atoms. The number of hydrogen-bond acceptors (Lipinski definition) is 5. The Balaban J connectivity index is 2.11. The molecule has 92 valence electrons. The molecule has 2 rings (SSSR count). The van der Waals surface area contributed by atoms with E-state index in [0.29, 0.717) is 12.1 Å². The van der Waals surface area contributed by atoms with Crippen LogP contribution in [0, 0.1) is 17.0 Å². The highest BCUT2D eigenvalue weighted by atomic mass is 16.6. The van der Waals surface area contributed by atoms with Gasteiger partial charge in [0.05, 0.1) is 23.0 Å². The van der Waals surface area contributed by atoms with E-state index in [-0.39, 0.29) is 10.6 Å². The Morgan fingerprint density at radius 2 is 2.06 bits per heavy atom. The Labute approximate surface area is 104 Å². The average molecular weight is 244 g/mol. The van der Waals surface area contributed by atoms with Gasteiger partial charge >= 0.3 is 0 Å². The summed E-state index contributed by atoms with van der Waals surface area (Å²) >= 11 is 0. The summed E-state index contributed by atoms with van der Waals surface area (Å²) in [6.07, 6.45) is 4.74. The maximum absolute atomic E-state index is 10.8. The van der Waals surface area contributed by atoms with Gasteiger partial charge in [-0.1, -0.05) is 12.1 Å². The second kappa shape index (κ2) is 5.22. The third-order valence-electron chi connectivity index (χ3n) is 2.53. The van der Waals surface area contributed by atoms with Gasteiger partial charge in [-0.2, -0.15) is 0 Å². The van der Waals surface area contributed by atoms with Crippen LogP contribution in [0.3, 0.4) is 0 Å². The number of nitrogens with one attached hydrogen (secondary N) is 1. The van der Waals surface area contributed by atoms with Gasteiger partial charge in [-0.05, 0) is 12.5 Å². The van der Waals surface area contributed by atoms with Gasteiger partial charge in [0.25, 0.3) is 5.69 Å². The van der Waals surface area contributed by atoms with E-state index in [2.05, 4.69) is 15.3 Å². The summed E-state index contributed by atoms with van der Waals surface area (Å²) in [5.74, 6) is 0. The molecule has 0 aliphatic heterocycles. The van der Waals surface area contributed by atoms with Crippen molar-refractivity contribution in [1.29, 1.82) is 0 Å². The lowest BCUT2D eigenvalue weighted by molar-refractivity contribution is -0.385. The molecular formula is C12H12N4O2. The van der Waals surface area contributed by atoms with E-state index < -0.39 is 0 Å².